The second kappa shape index (κ2) is 18.2. The van der Waals surface area contributed by atoms with Gasteiger partial charge in [0.25, 0.3) is 0 Å². The summed E-state index contributed by atoms with van der Waals surface area (Å²) >= 11 is 2.14. The lowest BCUT2D eigenvalue weighted by molar-refractivity contribution is -0.897. The van der Waals surface area contributed by atoms with Crippen LogP contribution in [0.3, 0.4) is 0 Å². The smallest absolute Gasteiger partial charge is 0.103 e. The molecule has 0 bridgehead atoms. The van der Waals surface area contributed by atoms with Crippen LogP contribution in [0.4, 0.5) is 0 Å². The predicted molar refractivity (Wildman–Crippen MR) is 131 cm³/mol. The third kappa shape index (κ3) is 13.3. The van der Waals surface area contributed by atoms with Gasteiger partial charge in [-0.3, -0.25) is 0 Å². The molecule has 0 aliphatic carbocycles. The zero-order chi connectivity index (χ0) is 20.6. The Morgan fingerprint density at radius 2 is 1.20 bits per heavy atom. The lowest BCUT2D eigenvalue weighted by atomic mass is 10.0. The topological polar surface area (TPSA) is 9.23 Å². The summed E-state index contributed by atoms with van der Waals surface area (Å²) in [6.07, 6.45) is 25.8. The quantitative estimate of drug-likeness (QED) is 0.192. The third-order valence-electron chi connectivity index (χ3n) is 7.15. The van der Waals surface area contributed by atoms with Gasteiger partial charge in [-0.1, -0.05) is 96.8 Å². The largest absolute Gasteiger partial charge is 1.00 e. The minimum Gasteiger partial charge on any atom is -1.00 e. The minimum atomic E-state index is 0. The highest BCUT2D eigenvalue weighted by Crippen LogP contribution is 2.33. The molecule has 4 heteroatoms. The number of quaternary nitrogens is 1. The van der Waals surface area contributed by atoms with Crippen LogP contribution in [0.2, 0.25) is 0 Å². The molecule has 0 N–H and O–H groups in total. The average Bonchev–Trinajstić information content (AvgIpc) is 3.34. The van der Waals surface area contributed by atoms with E-state index in [1.54, 1.807) is 0 Å². The number of likely N-dealkylation sites (tertiary alicyclic amines) is 1. The Kier molecular flexibility index (Phi) is 17.5. The molecule has 2 unspecified atom stereocenters. The van der Waals surface area contributed by atoms with Gasteiger partial charge in [0.05, 0.1) is 38.5 Å². The first-order chi connectivity index (χ1) is 14.2. The lowest BCUT2D eigenvalue weighted by Crippen LogP contribution is -3.00. The van der Waals surface area contributed by atoms with Gasteiger partial charge in [-0.2, -0.15) is 0 Å². The molecule has 0 aromatic rings. The molecular weight excluding hydrogens is 454 g/mol. The summed E-state index contributed by atoms with van der Waals surface area (Å²) < 4.78 is 7.39. The second-order valence-electron chi connectivity index (χ2n) is 10.2. The summed E-state index contributed by atoms with van der Waals surface area (Å²) in [6.45, 7) is 7.42. The van der Waals surface area contributed by atoms with E-state index in [0.29, 0.717) is 5.44 Å². The first-order valence-electron chi connectivity index (χ1n) is 13.3. The monoisotopic (exact) mass is 505 g/mol. The van der Waals surface area contributed by atoms with E-state index < -0.39 is 0 Å². The van der Waals surface area contributed by atoms with Crippen molar-refractivity contribution in [2.75, 3.05) is 33.3 Å². The zero-order valence-electron chi connectivity index (χ0n) is 20.4. The molecule has 0 radical (unpaired) electrons. The maximum atomic E-state index is 6.09. The number of thioether (sulfide) groups is 1. The predicted octanol–water partition coefficient (Wildman–Crippen LogP) is 4.95. The fourth-order valence-corrected chi connectivity index (χ4v) is 6.70. The highest BCUT2D eigenvalue weighted by Gasteiger charge is 2.35. The number of halogens is 1. The fourth-order valence-electron chi connectivity index (χ4n) is 5.21. The number of hydrogen-bond acceptors (Lipinski definition) is 2. The fraction of sp³-hybridized carbons (Fsp3) is 1.00. The Bertz CT molecular complexity index is 389. The van der Waals surface area contributed by atoms with Gasteiger partial charge >= 0.3 is 0 Å². The number of ether oxygens (including phenoxy) is 1. The first kappa shape index (κ1) is 28.8. The number of rotatable bonds is 18. The van der Waals surface area contributed by atoms with Crippen molar-refractivity contribution in [3.8, 4) is 0 Å². The summed E-state index contributed by atoms with van der Waals surface area (Å²) in [5.41, 5.74) is 0.496. The Morgan fingerprint density at radius 1 is 0.733 bits per heavy atom. The molecule has 30 heavy (non-hydrogen) atoms. The molecule has 2 rings (SSSR count). The molecule has 0 spiro atoms. The van der Waals surface area contributed by atoms with Crippen LogP contribution < -0.4 is 17.0 Å². The molecule has 2 nitrogen and oxygen atoms in total. The Morgan fingerprint density at radius 3 is 1.70 bits per heavy atom. The van der Waals surface area contributed by atoms with Crippen LogP contribution in [-0.4, -0.2) is 48.5 Å². The lowest BCUT2D eigenvalue weighted by Gasteiger charge is -2.31. The summed E-state index contributed by atoms with van der Waals surface area (Å²) in [5.74, 6) is 0. The van der Waals surface area contributed by atoms with Gasteiger partial charge in [-0.05, 0) is 12.8 Å². The second-order valence-corrected chi connectivity index (χ2v) is 11.7. The van der Waals surface area contributed by atoms with E-state index in [1.165, 1.54) is 140 Å². The highest BCUT2D eigenvalue weighted by molar-refractivity contribution is 8.00. The van der Waals surface area contributed by atoms with Crippen LogP contribution in [-0.2, 0) is 4.74 Å². The van der Waals surface area contributed by atoms with Gasteiger partial charge in [0.15, 0.2) is 0 Å². The molecule has 0 saturated carbocycles. The standard InChI is InChI=1S/C26H52NOS.BrH/c1-3-4-5-6-7-8-9-10-11-12-13-14-15-16-17-20-26-28-24-25(29-26)23-27(2)21-18-19-22-27;/h25-26H,3-24H2,1-2H3;1H/q+1;/p-1. The zero-order valence-corrected chi connectivity index (χ0v) is 22.8. The Balaban J connectivity index is 0.00000450. The van der Waals surface area contributed by atoms with E-state index in [4.69, 9.17) is 4.74 Å². The van der Waals surface area contributed by atoms with Gasteiger partial charge in [0.2, 0.25) is 0 Å². The van der Waals surface area contributed by atoms with Gasteiger partial charge in [0.1, 0.15) is 5.44 Å². The van der Waals surface area contributed by atoms with Crippen molar-refractivity contribution in [2.24, 2.45) is 0 Å². The highest BCUT2D eigenvalue weighted by atomic mass is 79.9. The van der Waals surface area contributed by atoms with Crippen molar-refractivity contribution in [3.05, 3.63) is 0 Å². The van der Waals surface area contributed by atoms with E-state index >= 15 is 0 Å². The van der Waals surface area contributed by atoms with Gasteiger partial charge < -0.3 is 26.2 Å². The number of unbranched alkanes of at least 4 members (excludes halogenated alkanes) is 14. The molecule has 2 heterocycles. The van der Waals surface area contributed by atoms with E-state index in [0.717, 1.165) is 11.9 Å². The van der Waals surface area contributed by atoms with Crippen molar-refractivity contribution < 1.29 is 26.2 Å². The summed E-state index contributed by atoms with van der Waals surface area (Å²) in [5, 5.41) is 0.749. The summed E-state index contributed by atoms with van der Waals surface area (Å²) in [4.78, 5) is 0. The van der Waals surface area contributed by atoms with Crippen LogP contribution in [0.15, 0.2) is 0 Å². The van der Waals surface area contributed by atoms with Crippen molar-refractivity contribution in [2.45, 2.75) is 133 Å². The van der Waals surface area contributed by atoms with Crippen molar-refractivity contribution in [1.82, 2.24) is 0 Å². The third-order valence-corrected chi connectivity index (χ3v) is 8.49. The van der Waals surface area contributed by atoms with Crippen LogP contribution in [0, 0.1) is 0 Å². The Hall–Kier alpha value is 0.750. The minimum absolute atomic E-state index is 0. The normalized spacial score (nSPS) is 23.0. The Labute approximate surface area is 204 Å². The summed E-state index contributed by atoms with van der Waals surface area (Å²) in [6, 6.07) is 0. The van der Waals surface area contributed by atoms with E-state index in [1.807, 2.05) is 0 Å². The van der Waals surface area contributed by atoms with Crippen molar-refractivity contribution in [3.63, 3.8) is 0 Å². The number of hydrogen-bond donors (Lipinski definition) is 0. The SMILES string of the molecule is CCCCCCCCCCCCCCCCCC1OCC(C[N+]2(C)CCCC2)S1.[Br-]. The summed E-state index contributed by atoms with van der Waals surface area (Å²) in [7, 11) is 2.45. The molecule has 180 valence electrons. The molecule has 2 fully saturated rings. The molecule has 0 aromatic carbocycles. The van der Waals surface area contributed by atoms with Gasteiger partial charge in [-0.25, -0.2) is 0 Å². The molecule has 0 aromatic heterocycles. The first-order valence-corrected chi connectivity index (χ1v) is 14.3. The number of nitrogens with zero attached hydrogens (tertiary/aromatic N) is 1. The van der Waals surface area contributed by atoms with E-state index in [2.05, 4.69) is 25.7 Å². The molecule has 0 amide bonds. The van der Waals surface area contributed by atoms with E-state index in [-0.39, 0.29) is 17.0 Å². The molecule has 2 atom stereocenters. The van der Waals surface area contributed by atoms with Crippen LogP contribution in [0.5, 0.6) is 0 Å². The van der Waals surface area contributed by atoms with Gasteiger partial charge in [-0.15, -0.1) is 11.8 Å². The van der Waals surface area contributed by atoms with Crippen LogP contribution in [0.25, 0.3) is 0 Å². The van der Waals surface area contributed by atoms with Gasteiger partial charge in [0, 0.05) is 12.8 Å². The average molecular weight is 507 g/mol. The molecule has 2 aliphatic rings. The van der Waals surface area contributed by atoms with Crippen molar-refractivity contribution in [1.29, 1.82) is 0 Å². The molecule has 2 aliphatic heterocycles. The molecule has 2 saturated heterocycles. The molecular formula is C26H52BrNOS. The van der Waals surface area contributed by atoms with Crippen LogP contribution in [0.1, 0.15) is 122 Å². The maximum absolute atomic E-state index is 6.09. The van der Waals surface area contributed by atoms with Crippen LogP contribution >= 0.6 is 11.8 Å². The van der Waals surface area contributed by atoms with E-state index in [9.17, 15) is 0 Å². The maximum Gasteiger partial charge on any atom is 0.103 e. The van der Waals surface area contributed by atoms with Crippen molar-refractivity contribution >= 4 is 11.8 Å².